The summed E-state index contributed by atoms with van der Waals surface area (Å²) < 4.78 is 1.07. The molecule has 2 rings (SSSR count). The molecule has 1 N–H and O–H groups in total. The summed E-state index contributed by atoms with van der Waals surface area (Å²) in [5.74, 6) is 0.883. The van der Waals surface area contributed by atoms with Crippen LogP contribution < -0.4 is 5.32 Å². The van der Waals surface area contributed by atoms with Crippen molar-refractivity contribution in [1.29, 1.82) is 0 Å². The number of benzene rings is 2. The molecule has 0 radical (unpaired) electrons. The van der Waals surface area contributed by atoms with Crippen LogP contribution in [-0.4, -0.2) is 11.2 Å². The molecule has 0 bridgehead atoms. The van der Waals surface area contributed by atoms with Gasteiger partial charge in [-0.1, -0.05) is 46.3 Å². The van der Waals surface area contributed by atoms with Gasteiger partial charge in [0.15, 0.2) is 0 Å². The van der Waals surface area contributed by atoms with Crippen molar-refractivity contribution in [2.75, 3.05) is 5.32 Å². The van der Waals surface area contributed by atoms with Gasteiger partial charge in [-0.3, -0.25) is 4.79 Å². The smallest absolute Gasteiger partial charge is 0.237 e. The molecule has 116 valence electrons. The zero-order valence-electron chi connectivity index (χ0n) is 13.0. The molecule has 1 unspecified atom stereocenters. The minimum absolute atomic E-state index is 0.0551. The molecule has 22 heavy (non-hydrogen) atoms. The Balaban J connectivity index is 1.93. The molecule has 0 fully saturated rings. The highest BCUT2D eigenvalue weighted by atomic mass is 79.9. The summed E-state index contributed by atoms with van der Waals surface area (Å²) in [4.78, 5) is 12.4. The van der Waals surface area contributed by atoms with Gasteiger partial charge in [-0.15, -0.1) is 11.8 Å². The van der Waals surface area contributed by atoms with Gasteiger partial charge in [-0.2, -0.15) is 0 Å². The molecule has 0 aliphatic carbocycles. The van der Waals surface area contributed by atoms with Gasteiger partial charge in [0, 0.05) is 15.9 Å². The quantitative estimate of drug-likeness (QED) is 0.762. The Morgan fingerprint density at radius 3 is 2.32 bits per heavy atom. The average Bonchev–Trinajstić information content (AvgIpc) is 2.50. The Morgan fingerprint density at radius 2 is 1.73 bits per heavy atom. The largest absolute Gasteiger partial charge is 0.325 e. The number of hydrogen-bond donors (Lipinski definition) is 1. The Bertz CT molecular complexity index is 634. The minimum Gasteiger partial charge on any atom is -0.325 e. The minimum atomic E-state index is -0.0948. The Labute approximate surface area is 144 Å². The van der Waals surface area contributed by atoms with Crippen LogP contribution in [0.3, 0.4) is 0 Å². The highest BCUT2D eigenvalue weighted by Gasteiger charge is 2.15. The Kier molecular flexibility index (Phi) is 6.09. The zero-order valence-corrected chi connectivity index (χ0v) is 15.4. The summed E-state index contributed by atoms with van der Waals surface area (Å²) in [6.07, 6.45) is 0. The maximum absolute atomic E-state index is 12.4. The Morgan fingerprint density at radius 1 is 1.14 bits per heavy atom. The fraction of sp³-hybridized carbons (Fsp3) is 0.278. The molecule has 1 amide bonds. The molecular weight excluding hydrogens is 358 g/mol. The Hall–Kier alpha value is -1.26. The lowest BCUT2D eigenvalue weighted by Crippen LogP contribution is -2.23. The highest BCUT2D eigenvalue weighted by Crippen LogP contribution is 2.23. The van der Waals surface area contributed by atoms with E-state index in [0.29, 0.717) is 0 Å². The fourth-order valence-electron chi connectivity index (χ4n) is 2.11. The first-order chi connectivity index (χ1) is 10.5. The number of carbonyl (C=O) groups is 1. The summed E-state index contributed by atoms with van der Waals surface area (Å²) in [7, 11) is 0. The van der Waals surface area contributed by atoms with Crippen LogP contribution in [0.15, 0.2) is 46.9 Å². The summed E-state index contributed by atoms with van der Waals surface area (Å²) in [5, 5.41) is 2.96. The van der Waals surface area contributed by atoms with Crippen molar-refractivity contribution < 1.29 is 4.79 Å². The van der Waals surface area contributed by atoms with Crippen molar-refractivity contribution in [3.63, 3.8) is 0 Å². The van der Waals surface area contributed by atoms with Crippen LogP contribution in [0.25, 0.3) is 0 Å². The lowest BCUT2D eigenvalue weighted by molar-refractivity contribution is -0.115. The predicted molar refractivity (Wildman–Crippen MR) is 99.4 cm³/mol. The van der Waals surface area contributed by atoms with Gasteiger partial charge in [0.05, 0.1) is 5.25 Å². The van der Waals surface area contributed by atoms with Crippen LogP contribution in [0.4, 0.5) is 5.69 Å². The lowest BCUT2D eigenvalue weighted by Gasteiger charge is -2.15. The van der Waals surface area contributed by atoms with Crippen LogP contribution in [0.1, 0.15) is 23.6 Å². The standard InChI is InChI=1S/C18H20BrNOS/c1-12-5-4-6-13(2)17(12)20-18(21)14(3)22-11-15-7-9-16(19)10-8-15/h4-10,14H,11H2,1-3H3,(H,20,21). The van der Waals surface area contributed by atoms with E-state index in [1.54, 1.807) is 11.8 Å². The van der Waals surface area contributed by atoms with E-state index in [1.165, 1.54) is 5.56 Å². The van der Waals surface area contributed by atoms with E-state index in [0.717, 1.165) is 27.0 Å². The molecule has 0 aliphatic rings. The molecule has 2 nitrogen and oxygen atoms in total. The van der Waals surface area contributed by atoms with Crippen molar-refractivity contribution in [2.24, 2.45) is 0 Å². The molecule has 0 aromatic heterocycles. The number of aryl methyl sites for hydroxylation is 2. The van der Waals surface area contributed by atoms with Gasteiger partial charge < -0.3 is 5.32 Å². The SMILES string of the molecule is Cc1cccc(C)c1NC(=O)C(C)SCc1ccc(Br)cc1. The first kappa shape index (κ1) is 17.1. The molecule has 2 aromatic rings. The maximum atomic E-state index is 12.4. The fourth-order valence-corrected chi connectivity index (χ4v) is 3.22. The second-order valence-corrected chi connectivity index (χ2v) is 7.58. The summed E-state index contributed by atoms with van der Waals surface area (Å²) in [6.45, 7) is 5.98. The molecule has 0 aliphatic heterocycles. The average molecular weight is 378 g/mol. The molecule has 0 saturated carbocycles. The first-order valence-corrected chi connectivity index (χ1v) is 9.04. The van der Waals surface area contributed by atoms with E-state index in [2.05, 4.69) is 33.4 Å². The maximum Gasteiger partial charge on any atom is 0.237 e. The highest BCUT2D eigenvalue weighted by molar-refractivity contribution is 9.10. The third-order valence-corrected chi connectivity index (χ3v) is 5.25. The second-order valence-electron chi connectivity index (χ2n) is 5.34. The van der Waals surface area contributed by atoms with E-state index < -0.39 is 0 Å². The van der Waals surface area contributed by atoms with Crippen molar-refractivity contribution in [1.82, 2.24) is 0 Å². The van der Waals surface area contributed by atoms with Gasteiger partial charge in [0.25, 0.3) is 0 Å². The van der Waals surface area contributed by atoms with Crippen molar-refractivity contribution >= 4 is 39.3 Å². The van der Waals surface area contributed by atoms with E-state index in [9.17, 15) is 4.79 Å². The number of rotatable bonds is 5. The first-order valence-electron chi connectivity index (χ1n) is 7.20. The van der Waals surface area contributed by atoms with Gasteiger partial charge in [0.2, 0.25) is 5.91 Å². The molecule has 4 heteroatoms. The molecular formula is C18H20BrNOS. The summed E-state index contributed by atoms with van der Waals surface area (Å²) in [6, 6.07) is 14.2. The molecule has 0 heterocycles. The van der Waals surface area contributed by atoms with Crippen LogP contribution in [0, 0.1) is 13.8 Å². The molecule has 0 spiro atoms. The number of para-hydroxylation sites is 1. The van der Waals surface area contributed by atoms with Gasteiger partial charge in [-0.05, 0) is 49.6 Å². The van der Waals surface area contributed by atoms with Gasteiger partial charge >= 0.3 is 0 Å². The van der Waals surface area contributed by atoms with Crippen molar-refractivity contribution in [3.8, 4) is 0 Å². The number of amides is 1. The zero-order chi connectivity index (χ0) is 16.1. The number of carbonyl (C=O) groups excluding carboxylic acids is 1. The van der Waals surface area contributed by atoms with Crippen molar-refractivity contribution in [3.05, 3.63) is 63.6 Å². The number of halogens is 1. The third-order valence-electron chi connectivity index (χ3n) is 3.51. The normalized spacial score (nSPS) is 12.0. The van der Waals surface area contributed by atoms with Crippen LogP contribution in [0.2, 0.25) is 0 Å². The van der Waals surface area contributed by atoms with Crippen LogP contribution in [0.5, 0.6) is 0 Å². The van der Waals surface area contributed by atoms with Crippen molar-refractivity contribution in [2.45, 2.75) is 31.8 Å². The van der Waals surface area contributed by atoms with Crippen LogP contribution in [-0.2, 0) is 10.5 Å². The topological polar surface area (TPSA) is 29.1 Å². The number of thioether (sulfide) groups is 1. The predicted octanol–water partition coefficient (Wildman–Crippen LogP) is 5.33. The lowest BCUT2D eigenvalue weighted by atomic mass is 10.1. The molecule has 0 saturated heterocycles. The monoisotopic (exact) mass is 377 g/mol. The van der Waals surface area contributed by atoms with E-state index in [-0.39, 0.29) is 11.2 Å². The summed E-state index contributed by atoms with van der Waals surface area (Å²) >= 11 is 5.08. The van der Waals surface area contributed by atoms with E-state index in [1.807, 2.05) is 51.1 Å². The number of nitrogens with one attached hydrogen (secondary N) is 1. The van der Waals surface area contributed by atoms with Gasteiger partial charge in [0.1, 0.15) is 0 Å². The number of anilines is 1. The molecule has 1 atom stereocenters. The number of hydrogen-bond acceptors (Lipinski definition) is 2. The van der Waals surface area contributed by atoms with Crippen LogP contribution >= 0.6 is 27.7 Å². The van der Waals surface area contributed by atoms with E-state index >= 15 is 0 Å². The van der Waals surface area contributed by atoms with E-state index in [4.69, 9.17) is 0 Å². The summed E-state index contributed by atoms with van der Waals surface area (Å²) in [5.41, 5.74) is 4.35. The third kappa shape index (κ3) is 4.62. The van der Waals surface area contributed by atoms with Gasteiger partial charge in [-0.25, -0.2) is 0 Å². The molecule has 2 aromatic carbocycles. The second kappa shape index (κ2) is 7.84.